The highest BCUT2D eigenvalue weighted by Gasteiger charge is 2.09. The van der Waals surface area contributed by atoms with Crippen molar-refractivity contribution in [3.05, 3.63) is 59.2 Å². The van der Waals surface area contributed by atoms with Crippen LogP contribution in [0.1, 0.15) is 28.4 Å². The maximum atomic E-state index is 11.4. The van der Waals surface area contributed by atoms with Crippen LogP contribution in [0.4, 0.5) is 5.69 Å². The van der Waals surface area contributed by atoms with Crippen molar-refractivity contribution in [2.75, 3.05) is 11.9 Å². The molecule has 1 N–H and O–H groups in total. The number of carbonyl (C=O) groups excluding carboxylic acids is 1. The van der Waals surface area contributed by atoms with E-state index in [0.29, 0.717) is 23.2 Å². The number of phenols is 1. The van der Waals surface area contributed by atoms with Crippen molar-refractivity contribution >= 4 is 11.5 Å². The first-order valence-electron chi connectivity index (χ1n) is 6.55. The molecule has 2 rings (SSSR count). The van der Waals surface area contributed by atoms with E-state index >= 15 is 0 Å². The van der Waals surface area contributed by atoms with Gasteiger partial charge in [-0.25, -0.2) is 0 Å². The van der Waals surface area contributed by atoms with Crippen LogP contribution in [0.25, 0.3) is 0 Å². The molecule has 0 amide bonds. The largest absolute Gasteiger partial charge is 0.508 e. The van der Waals surface area contributed by atoms with E-state index in [1.165, 1.54) is 6.92 Å². The molecule has 0 spiro atoms. The minimum absolute atomic E-state index is 0.0303. The van der Waals surface area contributed by atoms with E-state index in [0.717, 1.165) is 5.69 Å². The van der Waals surface area contributed by atoms with Gasteiger partial charge in [0.15, 0.2) is 5.78 Å². The molecule has 2 aromatic rings. The van der Waals surface area contributed by atoms with Gasteiger partial charge in [-0.05, 0) is 49.4 Å². The number of anilines is 1. The van der Waals surface area contributed by atoms with E-state index < -0.39 is 0 Å². The van der Waals surface area contributed by atoms with Crippen molar-refractivity contribution in [3.8, 4) is 11.8 Å². The minimum atomic E-state index is -0.0303. The summed E-state index contributed by atoms with van der Waals surface area (Å²) in [4.78, 5) is 13.4. The fourth-order valence-corrected chi connectivity index (χ4v) is 2.07. The molecule has 0 radical (unpaired) electrons. The summed E-state index contributed by atoms with van der Waals surface area (Å²) in [6, 6.07) is 14.1. The molecule has 0 aliphatic rings. The monoisotopic (exact) mass is 280 g/mol. The lowest BCUT2D eigenvalue weighted by atomic mass is 10.1. The summed E-state index contributed by atoms with van der Waals surface area (Å²) in [5.74, 6) is 0.137. The van der Waals surface area contributed by atoms with Gasteiger partial charge >= 0.3 is 0 Å². The summed E-state index contributed by atoms with van der Waals surface area (Å²) in [7, 11) is 1.89. The highest BCUT2D eigenvalue weighted by molar-refractivity contribution is 5.94. The number of nitriles is 1. The van der Waals surface area contributed by atoms with Crippen molar-refractivity contribution in [2.24, 2.45) is 0 Å². The number of aromatic hydroxyl groups is 1. The normalized spacial score (nSPS) is 9.95. The molecule has 0 unspecified atom stereocenters. The average molecular weight is 280 g/mol. The van der Waals surface area contributed by atoms with Gasteiger partial charge in [-0.3, -0.25) is 4.79 Å². The van der Waals surface area contributed by atoms with Crippen LogP contribution in [0.5, 0.6) is 5.75 Å². The lowest BCUT2D eigenvalue weighted by molar-refractivity contribution is 0.101. The Morgan fingerprint density at radius 3 is 2.48 bits per heavy atom. The fraction of sp³-hybridized carbons (Fsp3) is 0.176. The van der Waals surface area contributed by atoms with E-state index in [2.05, 4.69) is 6.07 Å². The molecular formula is C17H16N2O2. The maximum absolute atomic E-state index is 11.4. The van der Waals surface area contributed by atoms with Gasteiger partial charge in [0.2, 0.25) is 0 Å². The zero-order valence-corrected chi connectivity index (χ0v) is 12.0. The second-order valence-electron chi connectivity index (χ2n) is 4.91. The van der Waals surface area contributed by atoms with Crippen LogP contribution in [0, 0.1) is 11.3 Å². The van der Waals surface area contributed by atoms with Crippen LogP contribution in [0.3, 0.4) is 0 Å². The zero-order chi connectivity index (χ0) is 15.4. The summed E-state index contributed by atoms with van der Waals surface area (Å²) in [5.41, 5.74) is 2.81. The zero-order valence-electron chi connectivity index (χ0n) is 12.0. The molecule has 4 heteroatoms. The third kappa shape index (κ3) is 3.40. The molecular weight excluding hydrogens is 264 g/mol. The number of carbonyl (C=O) groups is 1. The van der Waals surface area contributed by atoms with Crippen molar-refractivity contribution in [1.29, 1.82) is 5.26 Å². The molecule has 0 heterocycles. The van der Waals surface area contributed by atoms with Gasteiger partial charge in [0.1, 0.15) is 5.75 Å². The number of Topliss-reactive ketones (excluding diaryl/α,β-unsaturated/α-hetero) is 1. The van der Waals surface area contributed by atoms with Gasteiger partial charge < -0.3 is 10.0 Å². The number of rotatable bonds is 4. The predicted molar refractivity (Wildman–Crippen MR) is 81.4 cm³/mol. The van der Waals surface area contributed by atoms with Crippen LogP contribution in [0.2, 0.25) is 0 Å². The number of phenolic OH excluding ortho intramolecular Hbond substituents is 1. The van der Waals surface area contributed by atoms with Gasteiger partial charge in [0, 0.05) is 30.4 Å². The smallest absolute Gasteiger partial charge is 0.159 e. The van der Waals surface area contributed by atoms with Crippen LogP contribution >= 0.6 is 0 Å². The molecule has 0 aliphatic heterocycles. The Bertz CT molecular complexity index is 700. The van der Waals surface area contributed by atoms with Crippen LogP contribution in [-0.2, 0) is 6.54 Å². The molecule has 21 heavy (non-hydrogen) atoms. The third-order valence-corrected chi connectivity index (χ3v) is 3.33. The molecule has 0 atom stereocenters. The van der Waals surface area contributed by atoms with Crippen molar-refractivity contribution in [3.63, 3.8) is 0 Å². The molecule has 4 nitrogen and oxygen atoms in total. The van der Waals surface area contributed by atoms with Crippen LogP contribution in [-0.4, -0.2) is 17.9 Å². The van der Waals surface area contributed by atoms with E-state index in [4.69, 9.17) is 5.26 Å². The number of ketones is 1. The first kappa shape index (κ1) is 14.6. The number of nitrogens with zero attached hydrogens (tertiary/aromatic N) is 2. The topological polar surface area (TPSA) is 64.3 Å². The Kier molecular flexibility index (Phi) is 4.24. The molecule has 0 saturated heterocycles. The number of benzene rings is 2. The van der Waals surface area contributed by atoms with Gasteiger partial charge in [-0.2, -0.15) is 5.26 Å². The van der Waals surface area contributed by atoms with Crippen molar-refractivity contribution in [2.45, 2.75) is 13.5 Å². The summed E-state index contributed by atoms with van der Waals surface area (Å²) in [6.45, 7) is 1.97. The molecule has 0 bridgehead atoms. The molecule has 0 aromatic heterocycles. The maximum Gasteiger partial charge on any atom is 0.159 e. The highest BCUT2D eigenvalue weighted by atomic mass is 16.3. The second-order valence-corrected chi connectivity index (χ2v) is 4.91. The molecule has 106 valence electrons. The first-order chi connectivity index (χ1) is 10.0. The minimum Gasteiger partial charge on any atom is -0.508 e. The first-order valence-corrected chi connectivity index (χ1v) is 6.55. The molecule has 0 fully saturated rings. The van der Waals surface area contributed by atoms with Crippen LogP contribution in [0.15, 0.2) is 42.5 Å². The van der Waals surface area contributed by atoms with Crippen LogP contribution < -0.4 is 4.90 Å². The van der Waals surface area contributed by atoms with E-state index in [-0.39, 0.29) is 11.5 Å². The predicted octanol–water partition coefficient (Wildman–Crippen LogP) is 3.10. The van der Waals surface area contributed by atoms with Gasteiger partial charge in [-0.15, -0.1) is 0 Å². The summed E-state index contributed by atoms with van der Waals surface area (Å²) >= 11 is 0. The van der Waals surface area contributed by atoms with Crippen molar-refractivity contribution in [1.82, 2.24) is 0 Å². The fourth-order valence-electron chi connectivity index (χ4n) is 2.07. The molecule has 0 saturated carbocycles. The third-order valence-electron chi connectivity index (χ3n) is 3.33. The summed E-state index contributed by atoms with van der Waals surface area (Å²) in [5, 5.41) is 18.7. The van der Waals surface area contributed by atoms with Gasteiger partial charge in [0.05, 0.1) is 11.6 Å². The van der Waals surface area contributed by atoms with Gasteiger partial charge in [-0.1, -0.05) is 0 Å². The Morgan fingerprint density at radius 1 is 1.24 bits per heavy atom. The Hall–Kier alpha value is -2.80. The summed E-state index contributed by atoms with van der Waals surface area (Å²) in [6.07, 6.45) is 0. The summed E-state index contributed by atoms with van der Waals surface area (Å²) < 4.78 is 0. The quantitative estimate of drug-likeness (QED) is 0.874. The number of hydrogen-bond donors (Lipinski definition) is 1. The Labute approximate surface area is 123 Å². The standard InChI is InChI=1S/C17H16N2O2/c1-12(20)14-5-8-17(21)15(9-14)11-19(2)16-6-3-13(10-18)4-7-16/h3-9,21H,11H2,1-2H3. The number of hydrogen-bond acceptors (Lipinski definition) is 4. The van der Waals surface area contributed by atoms with E-state index in [9.17, 15) is 9.90 Å². The lowest BCUT2D eigenvalue weighted by Gasteiger charge is -2.20. The van der Waals surface area contributed by atoms with E-state index in [1.807, 2.05) is 24.1 Å². The molecule has 2 aromatic carbocycles. The van der Waals surface area contributed by atoms with Gasteiger partial charge in [0.25, 0.3) is 0 Å². The average Bonchev–Trinajstić information content (AvgIpc) is 2.49. The second kappa shape index (κ2) is 6.10. The van der Waals surface area contributed by atoms with E-state index in [1.54, 1.807) is 30.3 Å². The molecule has 0 aliphatic carbocycles. The van der Waals surface area contributed by atoms with Crippen molar-refractivity contribution < 1.29 is 9.90 Å². The SMILES string of the molecule is CC(=O)c1ccc(O)c(CN(C)c2ccc(C#N)cc2)c1. The lowest BCUT2D eigenvalue weighted by Crippen LogP contribution is -2.16. The Morgan fingerprint density at radius 2 is 1.90 bits per heavy atom. The Balaban J connectivity index is 2.22. The highest BCUT2D eigenvalue weighted by Crippen LogP contribution is 2.23.